The van der Waals surface area contributed by atoms with Gasteiger partial charge in [0.1, 0.15) is 11.0 Å². The summed E-state index contributed by atoms with van der Waals surface area (Å²) in [7, 11) is 1.71. The lowest BCUT2D eigenvalue weighted by molar-refractivity contribution is 0.102. The van der Waals surface area contributed by atoms with Gasteiger partial charge in [-0.25, -0.2) is 4.39 Å². The maximum absolute atomic E-state index is 14.3. The van der Waals surface area contributed by atoms with Gasteiger partial charge < -0.3 is 16.4 Å². The number of fused-ring (bicyclic) bond motifs is 2. The summed E-state index contributed by atoms with van der Waals surface area (Å²) in [4.78, 5) is 12.9. The molecule has 0 aliphatic carbocycles. The van der Waals surface area contributed by atoms with Crippen molar-refractivity contribution < 1.29 is 9.18 Å². The first-order chi connectivity index (χ1) is 13.9. The number of amides is 1. The predicted octanol–water partition coefficient (Wildman–Crippen LogP) is 2.67. The lowest BCUT2D eigenvalue weighted by atomic mass is 10.1. The number of carbonyl (C=O) groups excluding carboxylic acids is 1. The van der Waals surface area contributed by atoms with Crippen LogP contribution in [-0.2, 0) is 7.05 Å². The lowest BCUT2D eigenvalue weighted by Crippen LogP contribution is -2.25. The van der Waals surface area contributed by atoms with Crippen molar-refractivity contribution in [3.8, 4) is 0 Å². The number of halogens is 1. The van der Waals surface area contributed by atoms with Crippen molar-refractivity contribution >= 4 is 39.1 Å². The highest BCUT2D eigenvalue weighted by molar-refractivity contribution is 6.14. The molecular formula is C20H20FN7O. The molecule has 4 rings (SSSR count). The third-order valence-electron chi connectivity index (χ3n) is 4.48. The molecule has 2 heterocycles. The Kier molecular flexibility index (Phi) is 4.81. The second kappa shape index (κ2) is 7.44. The molecule has 0 bridgehead atoms. The van der Waals surface area contributed by atoms with Crippen LogP contribution < -0.4 is 16.4 Å². The van der Waals surface area contributed by atoms with Gasteiger partial charge in [0.05, 0.1) is 11.8 Å². The zero-order chi connectivity index (χ0) is 20.5. The Morgan fingerprint density at radius 2 is 2.10 bits per heavy atom. The summed E-state index contributed by atoms with van der Waals surface area (Å²) in [5.74, 6) is -0.907. The zero-order valence-electron chi connectivity index (χ0n) is 16.0. The highest BCUT2D eigenvalue weighted by Gasteiger charge is 2.16. The molecular weight excluding hydrogens is 373 g/mol. The highest BCUT2D eigenvalue weighted by atomic mass is 19.1. The van der Waals surface area contributed by atoms with Gasteiger partial charge in [0, 0.05) is 48.0 Å². The van der Waals surface area contributed by atoms with Gasteiger partial charge in [0.2, 0.25) is 0 Å². The van der Waals surface area contributed by atoms with Gasteiger partial charge in [-0.3, -0.25) is 9.48 Å². The summed E-state index contributed by atoms with van der Waals surface area (Å²) in [5.41, 5.74) is 8.00. The summed E-state index contributed by atoms with van der Waals surface area (Å²) >= 11 is 0. The van der Waals surface area contributed by atoms with E-state index in [1.165, 1.54) is 10.7 Å². The van der Waals surface area contributed by atoms with E-state index < -0.39 is 11.7 Å². The molecule has 0 radical (unpaired) electrons. The third-order valence-corrected chi connectivity index (χ3v) is 4.48. The zero-order valence-corrected chi connectivity index (χ0v) is 16.0. The van der Waals surface area contributed by atoms with Gasteiger partial charge >= 0.3 is 0 Å². The van der Waals surface area contributed by atoms with Crippen molar-refractivity contribution in [2.45, 2.75) is 13.0 Å². The van der Waals surface area contributed by atoms with Gasteiger partial charge in [-0.15, -0.1) is 5.10 Å². The van der Waals surface area contributed by atoms with E-state index in [1.807, 2.05) is 6.92 Å². The number of hydrogen-bond acceptors (Lipinski definition) is 6. The van der Waals surface area contributed by atoms with Crippen LogP contribution in [0.3, 0.4) is 0 Å². The number of hydrogen-bond donors (Lipinski definition) is 3. The SMILES string of the molecule is C[C@@H](N)CNc1ccc(C(=O)Nc2cc(F)c3nn(C)cc3c2)c2nnccc12. The minimum atomic E-state index is -0.501. The number of aromatic nitrogens is 4. The number of anilines is 2. The predicted molar refractivity (Wildman–Crippen MR) is 110 cm³/mol. The molecule has 148 valence electrons. The van der Waals surface area contributed by atoms with Crippen LogP contribution in [0.2, 0.25) is 0 Å². The Bertz CT molecular complexity index is 1220. The van der Waals surface area contributed by atoms with E-state index in [0.29, 0.717) is 28.7 Å². The van der Waals surface area contributed by atoms with Crippen molar-refractivity contribution in [1.29, 1.82) is 0 Å². The number of nitrogens with two attached hydrogens (primary N) is 1. The number of nitrogens with one attached hydrogen (secondary N) is 2. The molecule has 1 atom stereocenters. The van der Waals surface area contributed by atoms with E-state index in [1.54, 1.807) is 43.7 Å². The Balaban J connectivity index is 1.68. The first-order valence-electron chi connectivity index (χ1n) is 9.10. The monoisotopic (exact) mass is 393 g/mol. The molecule has 8 nitrogen and oxygen atoms in total. The lowest BCUT2D eigenvalue weighted by Gasteiger charge is -2.13. The van der Waals surface area contributed by atoms with Gasteiger partial charge in [-0.05, 0) is 37.3 Å². The van der Waals surface area contributed by atoms with Gasteiger partial charge in [0.15, 0.2) is 5.82 Å². The van der Waals surface area contributed by atoms with Crippen LogP contribution in [0.25, 0.3) is 21.8 Å². The van der Waals surface area contributed by atoms with Crippen molar-refractivity contribution in [1.82, 2.24) is 20.0 Å². The van der Waals surface area contributed by atoms with Crippen LogP contribution in [0.15, 0.2) is 42.7 Å². The summed E-state index contributed by atoms with van der Waals surface area (Å²) in [6.07, 6.45) is 3.25. The van der Waals surface area contributed by atoms with Crippen LogP contribution in [0, 0.1) is 5.82 Å². The molecule has 0 aliphatic heterocycles. The van der Waals surface area contributed by atoms with Crippen LogP contribution >= 0.6 is 0 Å². The molecule has 0 saturated heterocycles. The summed E-state index contributed by atoms with van der Waals surface area (Å²) in [6.45, 7) is 2.47. The molecule has 4 N–H and O–H groups in total. The summed E-state index contributed by atoms with van der Waals surface area (Å²) in [6, 6.07) is 8.14. The van der Waals surface area contributed by atoms with Crippen molar-refractivity contribution in [2.75, 3.05) is 17.2 Å². The minimum absolute atomic E-state index is 0.0277. The van der Waals surface area contributed by atoms with Crippen molar-refractivity contribution in [3.63, 3.8) is 0 Å². The molecule has 0 unspecified atom stereocenters. The summed E-state index contributed by atoms with van der Waals surface area (Å²) < 4.78 is 15.8. The average Bonchev–Trinajstić information content (AvgIpc) is 3.06. The number of nitrogens with zero attached hydrogens (tertiary/aromatic N) is 4. The number of benzene rings is 2. The fourth-order valence-corrected chi connectivity index (χ4v) is 3.17. The smallest absolute Gasteiger partial charge is 0.257 e. The molecule has 0 spiro atoms. The second-order valence-corrected chi connectivity index (χ2v) is 6.97. The molecule has 0 aliphatic rings. The van der Waals surface area contributed by atoms with Crippen LogP contribution in [0.5, 0.6) is 0 Å². The maximum Gasteiger partial charge on any atom is 0.257 e. The number of aryl methyl sites for hydroxylation is 1. The van der Waals surface area contributed by atoms with E-state index in [-0.39, 0.29) is 11.6 Å². The van der Waals surface area contributed by atoms with E-state index >= 15 is 0 Å². The normalized spacial score (nSPS) is 12.3. The topological polar surface area (TPSA) is 111 Å². The van der Waals surface area contributed by atoms with Crippen molar-refractivity contribution in [3.05, 3.63) is 54.1 Å². The van der Waals surface area contributed by atoms with E-state index in [4.69, 9.17) is 5.73 Å². The Hall–Kier alpha value is -3.59. The fourth-order valence-electron chi connectivity index (χ4n) is 3.17. The van der Waals surface area contributed by atoms with Crippen molar-refractivity contribution in [2.24, 2.45) is 12.8 Å². The first kappa shape index (κ1) is 18.8. The molecule has 2 aromatic heterocycles. The van der Waals surface area contributed by atoms with E-state index in [2.05, 4.69) is 25.9 Å². The molecule has 2 aromatic carbocycles. The van der Waals surface area contributed by atoms with Crippen LogP contribution in [-0.4, -0.2) is 38.5 Å². The van der Waals surface area contributed by atoms with Gasteiger partial charge in [0.25, 0.3) is 5.91 Å². The highest BCUT2D eigenvalue weighted by Crippen LogP contribution is 2.26. The quantitative estimate of drug-likeness (QED) is 0.481. The van der Waals surface area contributed by atoms with Gasteiger partial charge in [-0.1, -0.05) is 0 Å². The Morgan fingerprint density at radius 3 is 2.90 bits per heavy atom. The number of rotatable bonds is 5. The first-order valence-corrected chi connectivity index (χ1v) is 9.10. The van der Waals surface area contributed by atoms with E-state index in [9.17, 15) is 9.18 Å². The Morgan fingerprint density at radius 1 is 1.28 bits per heavy atom. The van der Waals surface area contributed by atoms with Crippen LogP contribution in [0.1, 0.15) is 17.3 Å². The Labute approximate surface area is 165 Å². The summed E-state index contributed by atoms with van der Waals surface area (Å²) in [5, 5.41) is 19.4. The number of carbonyl (C=O) groups is 1. The second-order valence-electron chi connectivity index (χ2n) is 6.97. The standard InChI is InChI=1S/C20H20FN7O/c1-11(22)9-23-17-4-3-15(19-14(17)5-6-24-26-19)20(29)25-13-7-12-10-28(2)27-18(12)16(21)8-13/h3-8,10-11,23H,9,22H2,1-2H3,(H,25,29)/t11-/m1/s1. The minimum Gasteiger partial charge on any atom is -0.383 e. The molecule has 4 aromatic rings. The fraction of sp³-hybridized carbons (Fsp3) is 0.200. The maximum atomic E-state index is 14.3. The molecule has 29 heavy (non-hydrogen) atoms. The van der Waals surface area contributed by atoms with Crippen LogP contribution in [0.4, 0.5) is 15.8 Å². The molecule has 1 amide bonds. The third kappa shape index (κ3) is 3.72. The molecule has 9 heteroatoms. The molecule has 0 fully saturated rings. The van der Waals surface area contributed by atoms with Gasteiger partial charge in [-0.2, -0.15) is 10.2 Å². The molecule has 0 saturated carbocycles. The average molecular weight is 393 g/mol. The largest absolute Gasteiger partial charge is 0.383 e. The van der Waals surface area contributed by atoms with E-state index in [0.717, 1.165) is 11.1 Å².